The van der Waals surface area contributed by atoms with E-state index < -0.39 is 0 Å². The molecule has 1 N–H and O–H groups in total. The molecule has 1 aromatic rings. The number of fused-ring (bicyclic) bond motifs is 1. The lowest BCUT2D eigenvalue weighted by atomic mass is 9.98. The second-order valence-corrected chi connectivity index (χ2v) is 5.47. The van der Waals surface area contributed by atoms with Crippen LogP contribution in [0.3, 0.4) is 0 Å². The van der Waals surface area contributed by atoms with Gasteiger partial charge in [-0.05, 0) is 54.5 Å². The molecule has 0 bridgehead atoms. The van der Waals surface area contributed by atoms with E-state index in [4.69, 9.17) is 0 Å². The quantitative estimate of drug-likeness (QED) is 0.867. The maximum atomic E-state index is 11.4. The van der Waals surface area contributed by atoms with E-state index in [1.165, 1.54) is 40.7 Å². The fraction of sp³-hybridized carbons (Fsp3) is 0.471. The van der Waals surface area contributed by atoms with Gasteiger partial charge in [0.25, 0.3) is 0 Å². The summed E-state index contributed by atoms with van der Waals surface area (Å²) in [6.45, 7) is 8.05. The Morgan fingerprint density at radius 2 is 2.05 bits per heavy atom. The molecule has 2 nitrogen and oxygen atoms in total. The summed E-state index contributed by atoms with van der Waals surface area (Å²) in [4.78, 5) is 11.4. The van der Waals surface area contributed by atoms with E-state index in [-0.39, 0.29) is 11.9 Å². The lowest BCUT2D eigenvalue weighted by Crippen LogP contribution is -2.25. The number of amides is 1. The molecule has 0 radical (unpaired) electrons. The van der Waals surface area contributed by atoms with Crippen molar-refractivity contribution in [3.05, 3.63) is 40.5 Å². The monoisotopic (exact) mass is 257 g/mol. The number of benzene rings is 1. The van der Waals surface area contributed by atoms with Crippen LogP contribution in [0.5, 0.6) is 0 Å². The maximum absolute atomic E-state index is 11.4. The highest BCUT2D eigenvalue weighted by Gasteiger charge is 2.27. The number of allylic oxidation sites excluding steroid dienone is 1. The summed E-state index contributed by atoms with van der Waals surface area (Å²) in [7, 11) is 0. The Labute approximate surface area is 115 Å². The summed E-state index contributed by atoms with van der Waals surface area (Å²) in [5.74, 6) is 0.0314. The zero-order chi connectivity index (χ0) is 14.0. The predicted octanol–water partition coefficient (Wildman–Crippen LogP) is 4.01. The number of hydrogen-bond donors (Lipinski definition) is 1. The predicted molar refractivity (Wildman–Crippen MR) is 79.9 cm³/mol. The highest BCUT2D eigenvalue weighted by molar-refractivity contribution is 5.81. The van der Waals surface area contributed by atoms with Crippen LogP contribution in [0.25, 0.3) is 5.57 Å². The molecule has 0 aromatic heterocycles. The third kappa shape index (κ3) is 2.73. The number of unbranched alkanes of at least 4 members (excludes halogenated alkanes) is 1. The van der Waals surface area contributed by atoms with Gasteiger partial charge in [0.2, 0.25) is 5.91 Å². The van der Waals surface area contributed by atoms with Gasteiger partial charge in [-0.25, -0.2) is 0 Å². The average molecular weight is 257 g/mol. The molecule has 0 fully saturated rings. The molecule has 1 unspecified atom stereocenters. The Hall–Kier alpha value is -1.57. The topological polar surface area (TPSA) is 29.1 Å². The first-order valence-electron chi connectivity index (χ1n) is 7.12. The standard InChI is InChI=1S/C17H23NO/c1-5-6-7-14-8-9-15-11(2)12(3)17(16(15)10-14)18-13(4)19/h8-10,17H,5-7H2,1-4H3,(H,18,19). The summed E-state index contributed by atoms with van der Waals surface area (Å²) in [6.07, 6.45) is 3.55. The van der Waals surface area contributed by atoms with E-state index in [1.807, 2.05) is 0 Å². The Kier molecular flexibility index (Phi) is 4.08. The summed E-state index contributed by atoms with van der Waals surface area (Å²) >= 11 is 0. The lowest BCUT2D eigenvalue weighted by molar-refractivity contribution is -0.119. The molecule has 0 saturated heterocycles. The van der Waals surface area contributed by atoms with Crippen molar-refractivity contribution < 1.29 is 4.79 Å². The molecule has 0 spiro atoms. The fourth-order valence-corrected chi connectivity index (χ4v) is 2.78. The van der Waals surface area contributed by atoms with E-state index in [2.05, 4.69) is 44.3 Å². The molecule has 102 valence electrons. The Balaban J connectivity index is 2.34. The third-order valence-electron chi connectivity index (χ3n) is 4.02. The highest BCUT2D eigenvalue weighted by atomic mass is 16.1. The van der Waals surface area contributed by atoms with Crippen LogP contribution in [0.2, 0.25) is 0 Å². The lowest BCUT2D eigenvalue weighted by Gasteiger charge is -2.16. The van der Waals surface area contributed by atoms with Gasteiger partial charge < -0.3 is 5.32 Å². The molecule has 2 heteroatoms. The van der Waals surface area contributed by atoms with Crippen LogP contribution in [-0.4, -0.2) is 5.91 Å². The first-order chi connectivity index (χ1) is 9.04. The second kappa shape index (κ2) is 5.60. The zero-order valence-electron chi connectivity index (χ0n) is 12.3. The van der Waals surface area contributed by atoms with E-state index in [1.54, 1.807) is 6.92 Å². The normalized spacial score (nSPS) is 17.6. The number of nitrogens with one attached hydrogen (secondary N) is 1. The van der Waals surface area contributed by atoms with Crippen molar-refractivity contribution in [2.45, 2.75) is 53.0 Å². The van der Waals surface area contributed by atoms with Crippen LogP contribution in [0, 0.1) is 0 Å². The van der Waals surface area contributed by atoms with Gasteiger partial charge in [-0.3, -0.25) is 4.79 Å². The van der Waals surface area contributed by atoms with Gasteiger partial charge in [0.05, 0.1) is 6.04 Å². The number of rotatable bonds is 4. The first kappa shape index (κ1) is 13.9. The molecule has 1 amide bonds. The first-order valence-corrected chi connectivity index (χ1v) is 7.12. The molecule has 2 rings (SSSR count). The highest BCUT2D eigenvalue weighted by Crippen LogP contribution is 2.40. The molecule has 19 heavy (non-hydrogen) atoms. The SMILES string of the molecule is CCCCc1ccc2c(c1)C(NC(C)=O)C(C)=C2C. The van der Waals surface area contributed by atoms with Crippen LogP contribution in [0.1, 0.15) is 63.3 Å². The summed E-state index contributed by atoms with van der Waals surface area (Å²) in [5, 5.41) is 3.06. The van der Waals surface area contributed by atoms with Crippen molar-refractivity contribution >= 4 is 11.5 Å². The second-order valence-electron chi connectivity index (χ2n) is 5.47. The van der Waals surface area contributed by atoms with Crippen LogP contribution in [0.15, 0.2) is 23.8 Å². The van der Waals surface area contributed by atoms with Gasteiger partial charge in [-0.2, -0.15) is 0 Å². The summed E-state index contributed by atoms with van der Waals surface area (Å²) in [5.41, 5.74) is 6.49. The van der Waals surface area contributed by atoms with Crippen LogP contribution in [0.4, 0.5) is 0 Å². The van der Waals surface area contributed by atoms with E-state index in [0.717, 1.165) is 6.42 Å². The van der Waals surface area contributed by atoms with E-state index in [9.17, 15) is 4.79 Å². The molecule has 0 heterocycles. The Bertz CT molecular complexity index is 528. The van der Waals surface area contributed by atoms with Gasteiger partial charge in [0.15, 0.2) is 0 Å². The average Bonchev–Trinajstić information content (AvgIpc) is 2.61. The minimum absolute atomic E-state index is 0.0314. The number of hydrogen-bond acceptors (Lipinski definition) is 1. The van der Waals surface area contributed by atoms with Gasteiger partial charge >= 0.3 is 0 Å². The number of aryl methyl sites for hydroxylation is 1. The molecule has 1 atom stereocenters. The molecule has 1 aliphatic carbocycles. The van der Waals surface area contributed by atoms with Crippen molar-refractivity contribution in [3.8, 4) is 0 Å². The Morgan fingerprint density at radius 1 is 1.32 bits per heavy atom. The van der Waals surface area contributed by atoms with Gasteiger partial charge in [-0.1, -0.05) is 31.5 Å². The third-order valence-corrected chi connectivity index (χ3v) is 4.02. The van der Waals surface area contributed by atoms with E-state index in [0.29, 0.717) is 0 Å². The Morgan fingerprint density at radius 3 is 2.68 bits per heavy atom. The molecular weight excluding hydrogens is 234 g/mol. The molecule has 1 aromatic carbocycles. The molecule has 0 saturated carbocycles. The smallest absolute Gasteiger partial charge is 0.217 e. The van der Waals surface area contributed by atoms with Crippen molar-refractivity contribution in [2.75, 3.05) is 0 Å². The van der Waals surface area contributed by atoms with E-state index >= 15 is 0 Å². The van der Waals surface area contributed by atoms with Gasteiger partial charge in [0.1, 0.15) is 0 Å². The largest absolute Gasteiger partial charge is 0.346 e. The van der Waals surface area contributed by atoms with Crippen molar-refractivity contribution in [3.63, 3.8) is 0 Å². The van der Waals surface area contributed by atoms with Crippen molar-refractivity contribution in [1.82, 2.24) is 5.32 Å². The fourth-order valence-electron chi connectivity index (χ4n) is 2.78. The molecule has 0 aliphatic heterocycles. The molecule has 1 aliphatic rings. The summed E-state index contributed by atoms with van der Waals surface area (Å²) in [6, 6.07) is 6.77. The van der Waals surface area contributed by atoms with Crippen LogP contribution < -0.4 is 5.32 Å². The minimum Gasteiger partial charge on any atom is -0.346 e. The summed E-state index contributed by atoms with van der Waals surface area (Å²) < 4.78 is 0. The van der Waals surface area contributed by atoms with Crippen molar-refractivity contribution in [1.29, 1.82) is 0 Å². The number of carbonyl (C=O) groups excluding carboxylic acids is 1. The molecular formula is C17H23NO. The minimum atomic E-state index is 0.0314. The van der Waals surface area contributed by atoms with Gasteiger partial charge in [-0.15, -0.1) is 0 Å². The van der Waals surface area contributed by atoms with Gasteiger partial charge in [0, 0.05) is 6.92 Å². The van der Waals surface area contributed by atoms with Crippen molar-refractivity contribution in [2.24, 2.45) is 0 Å². The zero-order valence-corrected chi connectivity index (χ0v) is 12.3. The maximum Gasteiger partial charge on any atom is 0.217 e. The van der Waals surface area contributed by atoms with Crippen LogP contribution >= 0.6 is 0 Å². The number of carbonyl (C=O) groups is 1. The van der Waals surface area contributed by atoms with Crippen LogP contribution in [-0.2, 0) is 11.2 Å².